The van der Waals surface area contributed by atoms with E-state index in [9.17, 15) is 13.2 Å². The molecule has 0 unspecified atom stereocenters. The third-order valence-electron chi connectivity index (χ3n) is 3.88. The van der Waals surface area contributed by atoms with Crippen molar-refractivity contribution in [3.8, 4) is 0 Å². The van der Waals surface area contributed by atoms with Crippen LogP contribution in [-0.2, 0) is 14.8 Å². The van der Waals surface area contributed by atoms with E-state index in [2.05, 4.69) is 10.9 Å². The number of nitrogens with zero attached hydrogens (tertiary/aromatic N) is 1. The highest BCUT2D eigenvalue weighted by Crippen LogP contribution is 2.20. The highest BCUT2D eigenvalue weighted by atomic mass is 35.5. The van der Waals surface area contributed by atoms with Gasteiger partial charge in [-0.2, -0.15) is 4.31 Å². The molecule has 6 nitrogen and oxygen atoms in total. The lowest BCUT2D eigenvalue weighted by molar-refractivity contribution is -0.115. The van der Waals surface area contributed by atoms with Crippen LogP contribution in [0.1, 0.15) is 5.56 Å². The molecule has 2 N–H and O–H groups in total. The van der Waals surface area contributed by atoms with Crippen LogP contribution >= 0.6 is 11.6 Å². The van der Waals surface area contributed by atoms with Crippen molar-refractivity contribution in [3.63, 3.8) is 0 Å². The van der Waals surface area contributed by atoms with Crippen molar-refractivity contribution in [1.82, 2.24) is 9.73 Å². The molecule has 0 saturated carbocycles. The molecule has 0 atom stereocenters. The van der Waals surface area contributed by atoms with Gasteiger partial charge in [-0.25, -0.2) is 8.42 Å². The zero-order valence-electron chi connectivity index (χ0n) is 14.1. The molecule has 1 aliphatic heterocycles. The first kappa shape index (κ1) is 18.4. The molecular formula is C18H18ClN3O3S. The molecule has 0 amide bonds. The summed E-state index contributed by atoms with van der Waals surface area (Å²) in [6, 6.07) is 13.5. The van der Waals surface area contributed by atoms with Gasteiger partial charge < -0.3 is 10.9 Å². The third-order valence-corrected chi connectivity index (χ3v) is 5.94. The minimum atomic E-state index is -3.75. The van der Waals surface area contributed by atoms with E-state index in [-0.39, 0.29) is 23.8 Å². The average molecular weight is 392 g/mol. The summed E-state index contributed by atoms with van der Waals surface area (Å²) in [5, 5.41) is 0.609. The number of hydrazine groups is 1. The number of nitrogens with one attached hydrogen (secondary N) is 2. The topological polar surface area (TPSA) is 78.5 Å². The molecule has 8 heteroatoms. The number of hydrogen-bond acceptors (Lipinski definition) is 5. The maximum absolute atomic E-state index is 12.8. The van der Waals surface area contributed by atoms with Gasteiger partial charge in [-0.1, -0.05) is 29.3 Å². The molecule has 26 heavy (non-hydrogen) atoms. The Labute approximate surface area is 157 Å². The molecule has 3 rings (SSSR count). The van der Waals surface area contributed by atoms with Crippen LogP contribution < -0.4 is 10.9 Å². The number of ketones is 1. The quantitative estimate of drug-likeness (QED) is 0.766. The van der Waals surface area contributed by atoms with Crippen molar-refractivity contribution in [2.24, 2.45) is 0 Å². The van der Waals surface area contributed by atoms with E-state index in [1.54, 1.807) is 48.5 Å². The van der Waals surface area contributed by atoms with E-state index >= 15 is 0 Å². The number of sulfonamides is 1. The molecule has 2 aromatic carbocycles. The summed E-state index contributed by atoms with van der Waals surface area (Å²) in [5.74, 6) is -0.285. The van der Waals surface area contributed by atoms with Gasteiger partial charge in [0, 0.05) is 11.1 Å². The molecular weight excluding hydrogens is 374 g/mol. The Morgan fingerprint density at radius 2 is 1.62 bits per heavy atom. The van der Waals surface area contributed by atoms with Gasteiger partial charge >= 0.3 is 0 Å². The maximum atomic E-state index is 12.8. The molecule has 0 aliphatic carbocycles. The van der Waals surface area contributed by atoms with Crippen molar-refractivity contribution in [1.29, 1.82) is 0 Å². The Hall–Kier alpha value is -2.35. The molecule has 0 bridgehead atoms. The number of aryl methyl sites for hydroxylation is 1. The maximum Gasteiger partial charge on any atom is 0.243 e. The highest BCUT2D eigenvalue weighted by molar-refractivity contribution is 7.89. The number of benzene rings is 2. The average Bonchev–Trinajstić information content (AvgIpc) is 2.61. The summed E-state index contributed by atoms with van der Waals surface area (Å²) in [6.45, 7) is 1.78. The first-order chi connectivity index (χ1) is 12.3. The van der Waals surface area contributed by atoms with E-state index < -0.39 is 10.0 Å². The highest BCUT2D eigenvalue weighted by Gasteiger charge is 2.30. The normalized spacial score (nSPS) is 15.5. The standard InChI is InChI=1S/C18H18ClN3O3S/c1-13-2-8-18(9-3-13)26(24,25)22-11-16(10-17(23)12-22)21-20-15-6-4-14(19)5-7-15/h2-10,20-21H,11-12H2,1H3. The molecule has 0 spiro atoms. The minimum absolute atomic E-state index is 0.0720. The Kier molecular flexibility index (Phi) is 5.31. The largest absolute Gasteiger partial charge is 0.304 e. The fraction of sp³-hybridized carbons (Fsp3) is 0.167. The number of anilines is 1. The van der Waals surface area contributed by atoms with Gasteiger partial charge in [-0.05, 0) is 43.3 Å². The number of carbonyl (C=O) groups excluding carboxylic acids is 1. The number of carbonyl (C=O) groups is 1. The first-order valence-electron chi connectivity index (χ1n) is 7.92. The monoisotopic (exact) mass is 391 g/mol. The van der Waals surface area contributed by atoms with Gasteiger partial charge in [0.1, 0.15) is 0 Å². The molecule has 1 heterocycles. The zero-order chi connectivity index (χ0) is 18.7. The van der Waals surface area contributed by atoms with Gasteiger partial charge in [0.05, 0.1) is 29.4 Å². The van der Waals surface area contributed by atoms with Crippen molar-refractivity contribution in [2.45, 2.75) is 11.8 Å². The molecule has 0 saturated heterocycles. The van der Waals surface area contributed by atoms with Crippen LogP contribution in [0.3, 0.4) is 0 Å². The van der Waals surface area contributed by atoms with E-state index in [1.807, 2.05) is 6.92 Å². The summed E-state index contributed by atoms with van der Waals surface area (Å²) in [7, 11) is -3.75. The van der Waals surface area contributed by atoms with Gasteiger partial charge in [-0.3, -0.25) is 4.79 Å². The molecule has 0 fully saturated rings. The van der Waals surface area contributed by atoms with Crippen LogP contribution in [0, 0.1) is 6.92 Å². The first-order valence-corrected chi connectivity index (χ1v) is 9.74. The lowest BCUT2D eigenvalue weighted by Gasteiger charge is -2.26. The van der Waals surface area contributed by atoms with E-state index in [0.29, 0.717) is 10.7 Å². The molecule has 1 aliphatic rings. The van der Waals surface area contributed by atoms with Crippen LogP contribution in [0.4, 0.5) is 5.69 Å². The van der Waals surface area contributed by atoms with E-state index in [4.69, 9.17) is 11.6 Å². The number of halogens is 1. The second-order valence-corrected chi connectivity index (χ2v) is 8.35. The van der Waals surface area contributed by atoms with Crippen LogP contribution in [0.25, 0.3) is 0 Å². The lowest BCUT2D eigenvalue weighted by Crippen LogP contribution is -2.43. The summed E-state index contributed by atoms with van der Waals surface area (Å²) >= 11 is 5.84. The Morgan fingerprint density at radius 1 is 0.962 bits per heavy atom. The van der Waals surface area contributed by atoms with Crippen LogP contribution in [-0.4, -0.2) is 31.6 Å². The van der Waals surface area contributed by atoms with E-state index in [1.165, 1.54) is 6.08 Å². The summed E-state index contributed by atoms with van der Waals surface area (Å²) in [4.78, 5) is 12.2. The van der Waals surface area contributed by atoms with Gasteiger partial charge in [0.2, 0.25) is 10.0 Å². The fourth-order valence-corrected chi connectivity index (χ4v) is 4.01. The van der Waals surface area contributed by atoms with Crippen LogP contribution in [0.15, 0.2) is 65.2 Å². The van der Waals surface area contributed by atoms with Crippen molar-refractivity contribution in [3.05, 3.63) is 70.9 Å². The van der Waals surface area contributed by atoms with Crippen molar-refractivity contribution >= 4 is 33.1 Å². The number of rotatable bonds is 5. The second-order valence-electron chi connectivity index (χ2n) is 5.98. The van der Waals surface area contributed by atoms with Gasteiger partial charge in [0.15, 0.2) is 5.78 Å². The van der Waals surface area contributed by atoms with Crippen molar-refractivity contribution < 1.29 is 13.2 Å². The Balaban J connectivity index is 1.73. The molecule has 0 radical (unpaired) electrons. The van der Waals surface area contributed by atoms with E-state index in [0.717, 1.165) is 15.6 Å². The predicted octanol–water partition coefficient (Wildman–Crippen LogP) is 2.72. The summed E-state index contributed by atoms with van der Waals surface area (Å²) in [5.41, 5.74) is 7.99. The second kappa shape index (κ2) is 7.49. The number of hydrogen-bond donors (Lipinski definition) is 2. The zero-order valence-corrected chi connectivity index (χ0v) is 15.6. The minimum Gasteiger partial charge on any atom is -0.304 e. The fourth-order valence-electron chi connectivity index (χ4n) is 2.50. The van der Waals surface area contributed by atoms with Gasteiger partial charge in [0.25, 0.3) is 0 Å². The SMILES string of the molecule is Cc1ccc(S(=O)(=O)N2CC(=O)C=C(NNc3ccc(Cl)cc3)C2)cc1. The smallest absolute Gasteiger partial charge is 0.243 e. The molecule has 2 aromatic rings. The summed E-state index contributed by atoms with van der Waals surface area (Å²) < 4.78 is 26.7. The Bertz CT molecular complexity index is 939. The third kappa shape index (κ3) is 4.24. The molecule has 0 aromatic heterocycles. The lowest BCUT2D eigenvalue weighted by atomic mass is 10.2. The van der Waals surface area contributed by atoms with Crippen molar-refractivity contribution in [2.75, 3.05) is 18.5 Å². The van der Waals surface area contributed by atoms with Crippen LogP contribution in [0.5, 0.6) is 0 Å². The molecule has 136 valence electrons. The summed E-state index contributed by atoms with van der Waals surface area (Å²) in [6.07, 6.45) is 1.41. The predicted molar refractivity (Wildman–Crippen MR) is 101 cm³/mol. The van der Waals surface area contributed by atoms with Gasteiger partial charge in [-0.15, -0.1) is 0 Å². The van der Waals surface area contributed by atoms with Crippen LogP contribution in [0.2, 0.25) is 5.02 Å². The Morgan fingerprint density at radius 3 is 2.27 bits per heavy atom.